The molecule has 0 aromatic rings. The van der Waals surface area contributed by atoms with Gasteiger partial charge in [-0.05, 0) is 31.2 Å². The van der Waals surface area contributed by atoms with E-state index in [1.807, 2.05) is 0 Å². The van der Waals surface area contributed by atoms with Gasteiger partial charge in [-0.2, -0.15) is 0 Å². The Morgan fingerprint density at radius 2 is 1.42 bits per heavy atom. The first-order valence-corrected chi connectivity index (χ1v) is 9.70. The summed E-state index contributed by atoms with van der Waals surface area (Å²) in [4.78, 5) is 0. The first-order valence-electron chi connectivity index (χ1n) is 7.88. The van der Waals surface area contributed by atoms with Gasteiger partial charge in [0.05, 0.1) is 11.5 Å². The van der Waals surface area contributed by atoms with Crippen LogP contribution in [0.3, 0.4) is 0 Å². The SMILES string of the molecule is CC1(CS(=O)(=O)CCCN)CCCCCCCCC1. The van der Waals surface area contributed by atoms with Gasteiger partial charge < -0.3 is 5.73 Å². The van der Waals surface area contributed by atoms with Gasteiger partial charge in [-0.25, -0.2) is 8.42 Å². The molecule has 0 spiro atoms. The van der Waals surface area contributed by atoms with E-state index in [-0.39, 0.29) is 11.2 Å². The Balaban J connectivity index is 2.58. The number of sulfone groups is 1. The van der Waals surface area contributed by atoms with Gasteiger partial charge in [-0.15, -0.1) is 0 Å². The molecular weight excluding hydrogens is 258 g/mol. The lowest BCUT2D eigenvalue weighted by molar-refractivity contribution is 0.278. The van der Waals surface area contributed by atoms with E-state index in [9.17, 15) is 8.42 Å². The zero-order valence-corrected chi connectivity index (χ0v) is 13.3. The quantitative estimate of drug-likeness (QED) is 0.845. The molecule has 1 fully saturated rings. The van der Waals surface area contributed by atoms with Crippen LogP contribution < -0.4 is 5.73 Å². The number of rotatable bonds is 5. The lowest BCUT2D eigenvalue weighted by Crippen LogP contribution is -2.29. The van der Waals surface area contributed by atoms with Crippen molar-refractivity contribution in [1.82, 2.24) is 0 Å². The fourth-order valence-corrected chi connectivity index (χ4v) is 5.26. The summed E-state index contributed by atoms with van der Waals surface area (Å²) in [6.45, 7) is 2.64. The number of hydrogen-bond acceptors (Lipinski definition) is 3. The number of nitrogens with two attached hydrogens (primary N) is 1. The van der Waals surface area contributed by atoms with Crippen molar-refractivity contribution in [1.29, 1.82) is 0 Å². The van der Waals surface area contributed by atoms with E-state index in [2.05, 4.69) is 6.92 Å². The van der Waals surface area contributed by atoms with Crippen molar-refractivity contribution in [2.75, 3.05) is 18.1 Å². The van der Waals surface area contributed by atoms with Crippen molar-refractivity contribution in [2.45, 2.75) is 71.1 Å². The summed E-state index contributed by atoms with van der Waals surface area (Å²) in [6, 6.07) is 0. The molecule has 0 bridgehead atoms. The van der Waals surface area contributed by atoms with Crippen LogP contribution in [0.1, 0.15) is 71.1 Å². The summed E-state index contributed by atoms with van der Waals surface area (Å²) >= 11 is 0. The van der Waals surface area contributed by atoms with Crippen LogP contribution in [0.2, 0.25) is 0 Å². The minimum atomic E-state index is -2.93. The molecule has 0 aliphatic heterocycles. The average molecular weight is 289 g/mol. The van der Waals surface area contributed by atoms with Crippen LogP contribution in [0, 0.1) is 5.41 Å². The molecular formula is C15H31NO2S. The van der Waals surface area contributed by atoms with Crippen molar-refractivity contribution in [3.05, 3.63) is 0 Å². The van der Waals surface area contributed by atoms with E-state index in [0.29, 0.717) is 18.7 Å². The molecule has 1 saturated carbocycles. The molecule has 1 aliphatic carbocycles. The lowest BCUT2D eigenvalue weighted by Gasteiger charge is -2.30. The van der Waals surface area contributed by atoms with Crippen LogP contribution in [-0.2, 0) is 9.84 Å². The topological polar surface area (TPSA) is 60.2 Å². The molecule has 1 rings (SSSR count). The van der Waals surface area contributed by atoms with E-state index in [0.717, 1.165) is 12.8 Å². The summed E-state index contributed by atoms with van der Waals surface area (Å²) in [5, 5.41) is 0. The van der Waals surface area contributed by atoms with Gasteiger partial charge in [-0.3, -0.25) is 0 Å². The summed E-state index contributed by atoms with van der Waals surface area (Å²) in [5.74, 6) is 0.624. The highest BCUT2D eigenvalue weighted by atomic mass is 32.2. The third kappa shape index (κ3) is 7.31. The molecule has 0 unspecified atom stereocenters. The van der Waals surface area contributed by atoms with Crippen LogP contribution in [-0.4, -0.2) is 26.5 Å². The molecule has 0 heterocycles. The Morgan fingerprint density at radius 3 is 1.89 bits per heavy atom. The molecule has 4 heteroatoms. The van der Waals surface area contributed by atoms with Crippen molar-refractivity contribution < 1.29 is 8.42 Å². The fraction of sp³-hybridized carbons (Fsp3) is 1.00. The molecule has 3 nitrogen and oxygen atoms in total. The van der Waals surface area contributed by atoms with E-state index >= 15 is 0 Å². The first kappa shape index (κ1) is 17.0. The molecule has 1 aliphatic rings. The number of hydrogen-bond donors (Lipinski definition) is 1. The van der Waals surface area contributed by atoms with Crippen LogP contribution in [0.25, 0.3) is 0 Å². The third-order valence-corrected chi connectivity index (χ3v) is 6.34. The maximum absolute atomic E-state index is 12.2. The largest absolute Gasteiger partial charge is 0.330 e. The van der Waals surface area contributed by atoms with Gasteiger partial charge in [-0.1, -0.05) is 51.9 Å². The van der Waals surface area contributed by atoms with E-state index in [4.69, 9.17) is 5.73 Å². The minimum Gasteiger partial charge on any atom is -0.330 e. The van der Waals surface area contributed by atoms with Gasteiger partial charge in [0.15, 0.2) is 9.84 Å². The van der Waals surface area contributed by atoms with Crippen molar-refractivity contribution in [3.63, 3.8) is 0 Å². The molecule has 0 saturated heterocycles. The average Bonchev–Trinajstić information content (AvgIpc) is 2.34. The summed E-state index contributed by atoms with van der Waals surface area (Å²) in [7, 11) is -2.93. The second-order valence-electron chi connectivity index (χ2n) is 6.52. The molecule has 2 N–H and O–H groups in total. The van der Waals surface area contributed by atoms with Crippen molar-refractivity contribution in [2.24, 2.45) is 11.1 Å². The fourth-order valence-electron chi connectivity index (χ4n) is 3.16. The summed E-state index contributed by atoms with van der Waals surface area (Å²) in [5.41, 5.74) is 5.41. The van der Waals surface area contributed by atoms with Crippen LogP contribution in [0.5, 0.6) is 0 Å². The lowest BCUT2D eigenvalue weighted by atomic mass is 9.80. The maximum Gasteiger partial charge on any atom is 0.150 e. The standard InChI is InChI=1S/C15H31NO2S/c1-15(14-19(17,18)13-9-12-16)10-7-5-3-2-4-6-8-11-15/h2-14,16H2,1H3. The van der Waals surface area contributed by atoms with Gasteiger partial charge in [0, 0.05) is 0 Å². The molecule has 0 amide bonds. The Kier molecular flexibility index (Phi) is 7.37. The summed E-state index contributed by atoms with van der Waals surface area (Å²) in [6.07, 6.45) is 11.6. The highest BCUT2D eigenvalue weighted by Gasteiger charge is 2.29. The Hall–Kier alpha value is -0.0900. The monoisotopic (exact) mass is 289 g/mol. The summed E-state index contributed by atoms with van der Waals surface area (Å²) < 4.78 is 24.3. The van der Waals surface area contributed by atoms with Gasteiger partial charge in [0.25, 0.3) is 0 Å². The normalized spacial score (nSPS) is 22.0. The third-order valence-electron chi connectivity index (χ3n) is 4.29. The molecule has 0 aromatic heterocycles. The van der Waals surface area contributed by atoms with Gasteiger partial charge in [0.1, 0.15) is 0 Å². The highest BCUT2D eigenvalue weighted by molar-refractivity contribution is 7.91. The smallest absolute Gasteiger partial charge is 0.150 e. The predicted octanol–water partition coefficient (Wildman–Crippen LogP) is 3.28. The minimum absolute atomic E-state index is 0.00915. The van der Waals surface area contributed by atoms with E-state index in [1.165, 1.54) is 44.9 Å². The highest BCUT2D eigenvalue weighted by Crippen LogP contribution is 2.34. The Bertz CT molecular complexity index is 328. The predicted molar refractivity (Wildman–Crippen MR) is 82.0 cm³/mol. The van der Waals surface area contributed by atoms with Crippen molar-refractivity contribution >= 4 is 9.84 Å². The molecule has 0 radical (unpaired) electrons. The van der Waals surface area contributed by atoms with E-state index in [1.54, 1.807) is 0 Å². The molecule has 19 heavy (non-hydrogen) atoms. The van der Waals surface area contributed by atoms with Crippen molar-refractivity contribution in [3.8, 4) is 0 Å². The first-order chi connectivity index (χ1) is 8.97. The second-order valence-corrected chi connectivity index (χ2v) is 8.70. The van der Waals surface area contributed by atoms with Crippen LogP contribution in [0.4, 0.5) is 0 Å². The van der Waals surface area contributed by atoms with Crippen LogP contribution >= 0.6 is 0 Å². The zero-order valence-electron chi connectivity index (χ0n) is 12.5. The molecule has 0 aromatic carbocycles. The second kappa shape index (κ2) is 8.25. The molecule has 0 atom stereocenters. The Morgan fingerprint density at radius 1 is 0.947 bits per heavy atom. The van der Waals surface area contributed by atoms with Gasteiger partial charge >= 0.3 is 0 Å². The molecule has 114 valence electrons. The van der Waals surface area contributed by atoms with E-state index < -0.39 is 9.84 Å². The zero-order chi connectivity index (χ0) is 14.2. The Labute approximate surface area is 119 Å². The van der Waals surface area contributed by atoms with Gasteiger partial charge in [0.2, 0.25) is 0 Å². The van der Waals surface area contributed by atoms with Crippen LogP contribution in [0.15, 0.2) is 0 Å². The maximum atomic E-state index is 12.2.